The Morgan fingerprint density at radius 3 is 2.65 bits per heavy atom. The molecule has 1 amide bonds. The van der Waals surface area contributed by atoms with Gasteiger partial charge in [0.15, 0.2) is 5.16 Å². The smallest absolute Gasteiger partial charge is 0.266 e. The van der Waals surface area contributed by atoms with Crippen LogP contribution in [0.15, 0.2) is 75.1 Å². The largest absolute Gasteiger partial charge is 0.497 e. The summed E-state index contributed by atoms with van der Waals surface area (Å²) in [6.45, 7) is 0. The van der Waals surface area contributed by atoms with Crippen molar-refractivity contribution in [2.24, 2.45) is 0 Å². The van der Waals surface area contributed by atoms with Gasteiger partial charge in [0, 0.05) is 10.5 Å². The van der Waals surface area contributed by atoms with Crippen LogP contribution in [0.25, 0.3) is 16.6 Å². The first-order valence-electron chi connectivity index (χ1n) is 10.0. The van der Waals surface area contributed by atoms with Crippen LogP contribution >= 0.6 is 27.7 Å². The molecular weight excluding hydrogens is 525 g/mol. The fourth-order valence-corrected chi connectivity index (χ4v) is 4.44. The molecule has 0 spiro atoms. The second-order valence-corrected chi connectivity index (χ2v) is 8.91. The topological polar surface area (TPSA) is 82.4 Å². The van der Waals surface area contributed by atoms with Gasteiger partial charge in [-0.15, -0.1) is 0 Å². The van der Waals surface area contributed by atoms with Gasteiger partial charge in [-0.05, 0) is 42.5 Å². The minimum Gasteiger partial charge on any atom is -0.497 e. The molecule has 1 N–H and O–H groups in total. The number of ether oxygens (including phenoxy) is 2. The Bertz CT molecular complexity index is 1440. The maximum atomic E-state index is 14.1. The molecule has 10 heteroatoms. The summed E-state index contributed by atoms with van der Waals surface area (Å²) in [5, 5.41) is 3.24. The predicted octanol–water partition coefficient (Wildman–Crippen LogP) is 5.04. The van der Waals surface area contributed by atoms with Crippen LogP contribution in [0.1, 0.15) is 0 Å². The number of fused-ring (bicyclic) bond motifs is 1. The Labute approximate surface area is 207 Å². The minimum absolute atomic E-state index is 0.0622. The van der Waals surface area contributed by atoms with Gasteiger partial charge in [0.05, 0.1) is 42.3 Å². The summed E-state index contributed by atoms with van der Waals surface area (Å²) in [7, 11) is 3.02. The van der Waals surface area contributed by atoms with E-state index < -0.39 is 11.7 Å². The summed E-state index contributed by atoms with van der Waals surface area (Å²) in [5.74, 6) is -0.155. The van der Waals surface area contributed by atoms with Crippen LogP contribution in [0.4, 0.5) is 10.1 Å². The molecule has 0 unspecified atom stereocenters. The lowest BCUT2D eigenvalue weighted by molar-refractivity contribution is -0.113. The van der Waals surface area contributed by atoms with Gasteiger partial charge in [-0.3, -0.25) is 14.2 Å². The third-order valence-corrected chi connectivity index (χ3v) is 6.34. The summed E-state index contributed by atoms with van der Waals surface area (Å²) >= 11 is 4.24. The predicted molar refractivity (Wildman–Crippen MR) is 134 cm³/mol. The maximum absolute atomic E-state index is 14.1. The zero-order valence-electron chi connectivity index (χ0n) is 18.2. The van der Waals surface area contributed by atoms with Crippen LogP contribution in [-0.4, -0.2) is 35.4 Å². The molecule has 0 radical (unpaired) electrons. The number of hydrogen-bond donors (Lipinski definition) is 1. The lowest BCUT2D eigenvalue weighted by atomic mass is 10.2. The standard InChI is InChI=1S/C24H19BrFN3O4S/c1-32-15-8-10-21(33-2)20(12-15)29-23(31)16-5-3-4-6-18(16)28-24(29)34-13-22(30)27-19-9-7-14(25)11-17(19)26/h3-12H,13H2,1-2H3,(H,27,30). The van der Waals surface area contributed by atoms with Crippen LogP contribution in [-0.2, 0) is 4.79 Å². The third kappa shape index (κ3) is 4.92. The molecule has 4 rings (SSSR count). The van der Waals surface area contributed by atoms with Gasteiger partial charge in [0.25, 0.3) is 5.56 Å². The van der Waals surface area contributed by atoms with Gasteiger partial charge >= 0.3 is 0 Å². The van der Waals surface area contributed by atoms with Gasteiger partial charge in [0.2, 0.25) is 5.91 Å². The normalized spacial score (nSPS) is 10.8. The molecule has 4 aromatic rings. The third-order valence-electron chi connectivity index (χ3n) is 4.91. The summed E-state index contributed by atoms with van der Waals surface area (Å²) in [4.78, 5) is 30.7. The van der Waals surface area contributed by atoms with Crippen LogP contribution in [0.5, 0.6) is 11.5 Å². The first-order valence-corrected chi connectivity index (χ1v) is 11.8. The molecule has 1 aromatic heterocycles. The molecule has 0 aliphatic heterocycles. The van der Waals surface area contributed by atoms with E-state index in [9.17, 15) is 14.0 Å². The number of thioether (sulfide) groups is 1. The Morgan fingerprint density at radius 2 is 1.91 bits per heavy atom. The quantitative estimate of drug-likeness (QED) is 0.260. The van der Waals surface area contributed by atoms with Crippen LogP contribution in [0, 0.1) is 5.82 Å². The molecule has 7 nitrogen and oxygen atoms in total. The van der Waals surface area contributed by atoms with E-state index in [0.29, 0.717) is 32.6 Å². The first kappa shape index (κ1) is 23.8. The van der Waals surface area contributed by atoms with Crippen LogP contribution < -0.4 is 20.3 Å². The first-order chi connectivity index (χ1) is 16.4. The number of amides is 1. The number of nitrogens with zero attached hydrogens (tertiary/aromatic N) is 2. The number of rotatable bonds is 7. The maximum Gasteiger partial charge on any atom is 0.266 e. The van der Waals surface area contributed by atoms with E-state index in [1.807, 2.05) is 0 Å². The molecule has 0 saturated heterocycles. The highest BCUT2D eigenvalue weighted by atomic mass is 79.9. The zero-order chi connectivity index (χ0) is 24.2. The fraction of sp³-hybridized carbons (Fsp3) is 0.125. The monoisotopic (exact) mass is 543 g/mol. The number of benzene rings is 3. The minimum atomic E-state index is -0.561. The van der Waals surface area contributed by atoms with Gasteiger partial charge < -0.3 is 14.8 Å². The fourth-order valence-electron chi connectivity index (χ4n) is 3.30. The second kappa shape index (κ2) is 10.3. The molecule has 1 heterocycles. The molecule has 0 aliphatic rings. The Kier molecular flexibility index (Phi) is 7.18. The number of nitrogens with one attached hydrogen (secondary N) is 1. The Morgan fingerprint density at radius 1 is 1.12 bits per heavy atom. The number of carbonyl (C=O) groups excluding carboxylic acids is 1. The molecule has 0 saturated carbocycles. The number of methoxy groups -OCH3 is 2. The number of halogens is 2. The molecule has 0 fully saturated rings. The second-order valence-electron chi connectivity index (χ2n) is 7.05. The van der Waals surface area contributed by atoms with E-state index in [1.54, 1.807) is 48.5 Å². The van der Waals surface area contributed by atoms with E-state index in [2.05, 4.69) is 26.2 Å². The lowest BCUT2D eigenvalue weighted by Gasteiger charge is -2.16. The van der Waals surface area contributed by atoms with Gasteiger partial charge in [-0.2, -0.15) is 0 Å². The van der Waals surface area contributed by atoms with Crippen molar-refractivity contribution in [2.75, 3.05) is 25.3 Å². The van der Waals surface area contributed by atoms with Crippen molar-refractivity contribution in [1.82, 2.24) is 9.55 Å². The number of hydrogen-bond acceptors (Lipinski definition) is 6. The van der Waals surface area contributed by atoms with E-state index in [-0.39, 0.29) is 22.2 Å². The molecule has 0 aliphatic carbocycles. The summed E-state index contributed by atoms with van der Waals surface area (Å²) < 4.78 is 26.9. The highest BCUT2D eigenvalue weighted by Crippen LogP contribution is 2.30. The molecule has 174 valence electrons. The molecule has 3 aromatic carbocycles. The van der Waals surface area contributed by atoms with E-state index in [1.165, 1.54) is 30.9 Å². The van der Waals surface area contributed by atoms with E-state index >= 15 is 0 Å². The van der Waals surface area contributed by atoms with E-state index in [4.69, 9.17) is 9.47 Å². The number of carbonyl (C=O) groups is 1. The average Bonchev–Trinajstić information content (AvgIpc) is 2.84. The average molecular weight is 544 g/mol. The number of anilines is 1. The molecular formula is C24H19BrFN3O4S. The summed E-state index contributed by atoms with van der Waals surface area (Å²) in [6.07, 6.45) is 0. The van der Waals surface area contributed by atoms with Gasteiger partial charge in [-0.1, -0.05) is 39.8 Å². The van der Waals surface area contributed by atoms with Crippen LogP contribution in [0.2, 0.25) is 0 Å². The summed E-state index contributed by atoms with van der Waals surface area (Å²) in [5.41, 5.74) is 0.658. The SMILES string of the molecule is COc1ccc(OC)c(-n2c(SCC(=O)Nc3ccc(Br)cc3F)nc3ccccc3c2=O)c1. The van der Waals surface area contributed by atoms with Crippen molar-refractivity contribution < 1.29 is 18.7 Å². The molecule has 0 bridgehead atoms. The van der Waals surface area contributed by atoms with Gasteiger partial charge in [0.1, 0.15) is 17.3 Å². The van der Waals surface area contributed by atoms with E-state index in [0.717, 1.165) is 11.8 Å². The van der Waals surface area contributed by atoms with Crippen molar-refractivity contribution in [3.8, 4) is 17.2 Å². The number of para-hydroxylation sites is 1. The highest BCUT2D eigenvalue weighted by molar-refractivity contribution is 9.10. The van der Waals surface area contributed by atoms with Crippen molar-refractivity contribution in [3.05, 3.63) is 81.3 Å². The zero-order valence-corrected chi connectivity index (χ0v) is 20.6. The number of aromatic nitrogens is 2. The Balaban J connectivity index is 1.74. The van der Waals surface area contributed by atoms with Crippen molar-refractivity contribution >= 4 is 50.2 Å². The molecule has 0 atom stereocenters. The highest BCUT2D eigenvalue weighted by Gasteiger charge is 2.19. The lowest BCUT2D eigenvalue weighted by Crippen LogP contribution is -2.23. The van der Waals surface area contributed by atoms with Crippen molar-refractivity contribution in [2.45, 2.75) is 5.16 Å². The summed E-state index contributed by atoms with van der Waals surface area (Å²) in [6, 6.07) is 16.4. The van der Waals surface area contributed by atoms with Crippen LogP contribution in [0.3, 0.4) is 0 Å². The Hall–Kier alpha value is -3.37. The van der Waals surface area contributed by atoms with Crippen molar-refractivity contribution in [3.63, 3.8) is 0 Å². The molecule has 34 heavy (non-hydrogen) atoms. The van der Waals surface area contributed by atoms with Crippen molar-refractivity contribution in [1.29, 1.82) is 0 Å². The van der Waals surface area contributed by atoms with Gasteiger partial charge in [-0.25, -0.2) is 9.37 Å².